The number of carbonyl (C=O) groups is 1. The molecule has 2 aromatic rings. The summed E-state index contributed by atoms with van der Waals surface area (Å²) in [6, 6.07) is 15.4. The van der Waals surface area contributed by atoms with Crippen LogP contribution in [0.15, 0.2) is 59.5 Å². The normalized spacial score (nSPS) is 18.3. The number of nitrogens with one attached hydrogen (secondary N) is 1. The Bertz CT molecular complexity index is 937. The van der Waals surface area contributed by atoms with Gasteiger partial charge in [-0.1, -0.05) is 36.4 Å². The zero-order valence-electron chi connectivity index (χ0n) is 15.2. The summed E-state index contributed by atoms with van der Waals surface area (Å²) in [6.07, 6.45) is 4.67. The van der Waals surface area contributed by atoms with E-state index in [1.165, 1.54) is 19.3 Å². The highest BCUT2D eigenvalue weighted by Gasteiger charge is 2.46. The van der Waals surface area contributed by atoms with Gasteiger partial charge in [-0.25, -0.2) is 13.2 Å². The summed E-state index contributed by atoms with van der Waals surface area (Å²) >= 11 is 0. The Hall–Kier alpha value is -2.34. The first-order valence-corrected chi connectivity index (χ1v) is 11.0. The monoisotopic (exact) mass is 384 g/mol. The van der Waals surface area contributed by atoms with Crippen LogP contribution in [0, 0.1) is 5.41 Å². The zero-order chi connectivity index (χ0) is 18.9. The number of hydrogen-bond donors (Lipinski definition) is 1. The molecule has 1 N–H and O–H groups in total. The van der Waals surface area contributed by atoms with Crippen LogP contribution in [0.3, 0.4) is 0 Å². The van der Waals surface area contributed by atoms with Gasteiger partial charge in [-0.3, -0.25) is 0 Å². The van der Waals surface area contributed by atoms with Gasteiger partial charge in [0.25, 0.3) is 0 Å². The summed E-state index contributed by atoms with van der Waals surface area (Å²) in [5, 5.41) is 2.94. The van der Waals surface area contributed by atoms with E-state index in [1.807, 2.05) is 11.0 Å². The van der Waals surface area contributed by atoms with Crippen molar-refractivity contribution in [2.45, 2.75) is 36.3 Å². The highest BCUT2D eigenvalue weighted by molar-refractivity contribution is 7.90. The number of benzene rings is 2. The third-order valence-electron chi connectivity index (χ3n) is 5.61. The second-order valence-corrected chi connectivity index (χ2v) is 9.67. The number of sulfone groups is 1. The molecule has 1 aliphatic heterocycles. The van der Waals surface area contributed by atoms with E-state index in [0.717, 1.165) is 19.5 Å². The first-order valence-electron chi connectivity index (χ1n) is 9.39. The molecule has 1 heterocycles. The number of urea groups is 1. The van der Waals surface area contributed by atoms with Gasteiger partial charge in [-0.05, 0) is 54.9 Å². The molecule has 2 aliphatic rings. The number of piperidine rings is 1. The maximum atomic E-state index is 12.7. The zero-order valence-corrected chi connectivity index (χ0v) is 16.0. The van der Waals surface area contributed by atoms with Crippen molar-refractivity contribution in [3.63, 3.8) is 0 Å². The van der Waals surface area contributed by atoms with E-state index in [-0.39, 0.29) is 16.7 Å². The smallest absolute Gasteiger partial charge is 0.321 e. The van der Waals surface area contributed by atoms with Crippen molar-refractivity contribution in [2.75, 3.05) is 18.4 Å². The predicted molar refractivity (Wildman–Crippen MR) is 105 cm³/mol. The first-order chi connectivity index (χ1) is 13.0. The minimum absolute atomic E-state index is 0.134. The summed E-state index contributed by atoms with van der Waals surface area (Å²) in [6.45, 7) is 1.57. The molecule has 1 spiro atoms. The molecule has 2 aromatic carbocycles. The van der Waals surface area contributed by atoms with E-state index in [0.29, 0.717) is 16.7 Å². The summed E-state index contributed by atoms with van der Waals surface area (Å²) < 4.78 is 25.4. The quantitative estimate of drug-likeness (QED) is 0.864. The van der Waals surface area contributed by atoms with Crippen LogP contribution in [0.2, 0.25) is 0 Å². The fourth-order valence-corrected chi connectivity index (χ4v) is 5.24. The number of rotatable bonds is 4. The highest BCUT2D eigenvalue weighted by Crippen LogP contribution is 2.52. The van der Waals surface area contributed by atoms with Crippen molar-refractivity contribution in [1.29, 1.82) is 0 Å². The average molecular weight is 385 g/mol. The third kappa shape index (κ3) is 4.00. The minimum atomic E-state index is -3.47. The van der Waals surface area contributed by atoms with Crippen LogP contribution in [0.1, 0.15) is 31.2 Å². The van der Waals surface area contributed by atoms with Crippen molar-refractivity contribution >= 4 is 21.6 Å². The maximum Gasteiger partial charge on any atom is 0.321 e. The van der Waals surface area contributed by atoms with Gasteiger partial charge in [-0.15, -0.1) is 0 Å². The van der Waals surface area contributed by atoms with Gasteiger partial charge >= 0.3 is 6.03 Å². The molecule has 0 unspecified atom stereocenters. The van der Waals surface area contributed by atoms with Crippen LogP contribution in [-0.4, -0.2) is 32.4 Å². The second-order valence-electron chi connectivity index (χ2n) is 7.68. The molecule has 0 aromatic heterocycles. The molecule has 0 radical (unpaired) electrons. The van der Waals surface area contributed by atoms with Crippen LogP contribution >= 0.6 is 0 Å². The van der Waals surface area contributed by atoms with Crippen molar-refractivity contribution in [2.24, 2.45) is 5.41 Å². The molecule has 27 heavy (non-hydrogen) atoms. The lowest BCUT2D eigenvalue weighted by molar-refractivity contribution is 0.170. The van der Waals surface area contributed by atoms with Crippen LogP contribution < -0.4 is 5.32 Å². The number of amides is 2. The molecule has 2 fully saturated rings. The lowest BCUT2D eigenvalue weighted by Crippen LogP contribution is -2.43. The van der Waals surface area contributed by atoms with Crippen molar-refractivity contribution < 1.29 is 13.2 Å². The predicted octanol–water partition coefficient (Wildman–Crippen LogP) is 4.07. The van der Waals surface area contributed by atoms with Gasteiger partial charge in [0.05, 0.1) is 10.6 Å². The molecular formula is C21H24N2O3S. The summed E-state index contributed by atoms with van der Waals surface area (Å²) in [4.78, 5) is 14.9. The topological polar surface area (TPSA) is 66.5 Å². The van der Waals surface area contributed by atoms with Gasteiger partial charge in [0.1, 0.15) is 0 Å². The molecule has 0 atom stereocenters. The Kier molecular flexibility index (Phi) is 4.68. The van der Waals surface area contributed by atoms with E-state index in [4.69, 9.17) is 0 Å². The SMILES string of the molecule is O=C(Nc1ccccc1CS(=O)(=O)c1ccccc1)N1CCCC2(CC2)C1. The fourth-order valence-electron chi connectivity index (χ4n) is 3.84. The molecule has 1 aliphatic carbocycles. The molecule has 5 nitrogen and oxygen atoms in total. The minimum Gasteiger partial charge on any atom is -0.324 e. The maximum absolute atomic E-state index is 12.7. The molecule has 1 saturated carbocycles. The van der Waals surface area contributed by atoms with Gasteiger partial charge in [-0.2, -0.15) is 0 Å². The number of likely N-dealkylation sites (tertiary alicyclic amines) is 1. The Labute approximate surface area is 160 Å². The van der Waals surface area contributed by atoms with Gasteiger partial charge in [0.2, 0.25) is 0 Å². The Balaban J connectivity index is 1.50. The average Bonchev–Trinajstić information content (AvgIpc) is 3.42. The Morgan fingerprint density at radius 3 is 2.44 bits per heavy atom. The van der Waals surface area contributed by atoms with Gasteiger partial charge < -0.3 is 10.2 Å². The van der Waals surface area contributed by atoms with Gasteiger partial charge in [0, 0.05) is 18.8 Å². The number of anilines is 1. The highest BCUT2D eigenvalue weighted by atomic mass is 32.2. The van der Waals surface area contributed by atoms with E-state index >= 15 is 0 Å². The number of carbonyl (C=O) groups excluding carboxylic acids is 1. The molecule has 6 heteroatoms. The molecular weight excluding hydrogens is 360 g/mol. The van der Waals surface area contributed by atoms with Crippen molar-refractivity contribution in [1.82, 2.24) is 4.90 Å². The van der Waals surface area contributed by atoms with E-state index < -0.39 is 9.84 Å². The largest absolute Gasteiger partial charge is 0.324 e. The van der Waals surface area contributed by atoms with Crippen LogP contribution in [0.25, 0.3) is 0 Å². The lowest BCUT2D eigenvalue weighted by Gasteiger charge is -2.33. The van der Waals surface area contributed by atoms with Crippen LogP contribution in [-0.2, 0) is 15.6 Å². The molecule has 1 saturated heterocycles. The summed E-state index contributed by atoms with van der Waals surface area (Å²) in [5.74, 6) is -0.141. The van der Waals surface area contributed by atoms with Crippen molar-refractivity contribution in [3.8, 4) is 0 Å². The number of hydrogen-bond acceptors (Lipinski definition) is 3. The van der Waals surface area contributed by atoms with E-state index in [2.05, 4.69) is 5.32 Å². The molecule has 2 amide bonds. The van der Waals surface area contributed by atoms with Crippen LogP contribution in [0.4, 0.5) is 10.5 Å². The Morgan fingerprint density at radius 1 is 1.00 bits per heavy atom. The summed E-state index contributed by atoms with van der Waals surface area (Å²) in [7, 11) is -3.47. The first kappa shape index (κ1) is 18.0. The lowest BCUT2D eigenvalue weighted by atomic mass is 9.95. The molecule has 142 valence electrons. The fraction of sp³-hybridized carbons (Fsp3) is 0.381. The number of nitrogens with zero attached hydrogens (tertiary/aromatic N) is 1. The number of para-hydroxylation sites is 1. The third-order valence-corrected chi connectivity index (χ3v) is 7.29. The van der Waals surface area contributed by atoms with E-state index in [1.54, 1.807) is 48.5 Å². The summed E-state index contributed by atoms with van der Waals surface area (Å²) in [5.41, 5.74) is 1.52. The van der Waals surface area contributed by atoms with Crippen LogP contribution in [0.5, 0.6) is 0 Å². The Morgan fingerprint density at radius 2 is 1.70 bits per heavy atom. The molecule has 0 bridgehead atoms. The second kappa shape index (κ2) is 7.00. The van der Waals surface area contributed by atoms with Crippen molar-refractivity contribution in [3.05, 3.63) is 60.2 Å². The standard InChI is InChI=1S/C21H24N2O3S/c24-20(23-14-6-11-21(16-23)12-13-21)22-19-10-5-4-7-17(19)15-27(25,26)18-8-2-1-3-9-18/h1-5,7-10H,6,11-16H2,(H,22,24). The van der Waals surface area contributed by atoms with E-state index in [9.17, 15) is 13.2 Å². The molecule has 4 rings (SSSR count). The van der Waals surface area contributed by atoms with Gasteiger partial charge in [0.15, 0.2) is 9.84 Å².